The lowest BCUT2D eigenvalue weighted by molar-refractivity contribution is -0.384. The highest BCUT2D eigenvalue weighted by molar-refractivity contribution is 8.26. The van der Waals surface area contributed by atoms with Crippen molar-refractivity contribution in [2.24, 2.45) is 0 Å². The molecule has 2 heterocycles. The van der Waals surface area contributed by atoms with Gasteiger partial charge in [-0.25, -0.2) is 0 Å². The molecule has 4 rings (SSSR count). The SMILES string of the molecule is O=C1/C(=C/c2ccc(-c3ccc([N+](=O)[O-])cc3)o2)SC(=S)N1CCCc1ccccc1. The van der Waals surface area contributed by atoms with E-state index in [0.717, 1.165) is 18.4 Å². The minimum absolute atomic E-state index is 0.0199. The monoisotopic (exact) mass is 450 g/mol. The predicted molar refractivity (Wildman–Crippen MR) is 125 cm³/mol. The molecule has 1 fully saturated rings. The Kier molecular flexibility index (Phi) is 6.29. The van der Waals surface area contributed by atoms with Crippen molar-refractivity contribution in [3.05, 3.63) is 93.1 Å². The largest absolute Gasteiger partial charge is 0.457 e. The number of thiocarbonyl (C=S) groups is 1. The molecule has 0 N–H and O–H groups in total. The Labute approximate surface area is 188 Å². The summed E-state index contributed by atoms with van der Waals surface area (Å²) in [6.07, 6.45) is 3.40. The first-order valence-corrected chi connectivity index (χ1v) is 10.9. The summed E-state index contributed by atoms with van der Waals surface area (Å²) in [7, 11) is 0. The second-order valence-corrected chi connectivity index (χ2v) is 8.60. The van der Waals surface area contributed by atoms with Gasteiger partial charge in [-0.3, -0.25) is 19.8 Å². The van der Waals surface area contributed by atoms with Gasteiger partial charge in [-0.05, 0) is 42.7 Å². The number of nitrogens with zero attached hydrogens (tertiary/aromatic N) is 2. The Morgan fingerprint density at radius 2 is 1.81 bits per heavy atom. The van der Waals surface area contributed by atoms with Crippen LogP contribution in [0.15, 0.2) is 76.1 Å². The molecule has 1 saturated heterocycles. The minimum atomic E-state index is -0.445. The first-order valence-electron chi connectivity index (χ1n) is 9.65. The van der Waals surface area contributed by atoms with Gasteiger partial charge in [0, 0.05) is 30.3 Å². The molecular weight excluding hydrogens is 432 g/mol. The van der Waals surface area contributed by atoms with Gasteiger partial charge in [-0.15, -0.1) is 0 Å². The van der Waals surface area contributed by atoms with Crippen LogP contribution >= 0.6 is 24.0 Å². The molecule has 0 bridgehead atoms. The average molecular weight is 451 g/mol. The number of hydrogen-bond donors (Lipinski definition) is 0. The quantitative estimate of drug-likeness (QED) is 0.199. The van der Waals surface area contributed by atoms with Crippen LogP contribution in [0.5, 0.6) is 0 Å². The number of benzene rings is 2. The topological polar surface area (TPSA) is 76.6 Å². The molecular formula is C23H18N2O4S2. The molecule has 2 aromatic carbocycles. The number of thioether (sulfide) groups is 1. The first kappa shape index (κ1) is 21.0. The van der Waals surface area contributed by atoms with Gasteiger partial charge in [0.2, 0.25) is 0 Å². The average Bonchev–Trinajstić information content (AvgIpc) is 3.34. The Hall–Kier alpha value is -3.23. The summed E-state index contributed by atoms with van der Waals surface area (Å²) in [5.41, 5.74) is 1.98. The number of carbonyl (C=O) groups excluding carboxylic acids is 1. The number of amides is 1. The first-order chi connectivity index (χ1) is 15.0. The van der Waals surface area contributed by atoms with E-state index >= 15 is 0 Å². The van der Waals surface area contributed by atoms with Crippen molar-refractivity contribution in [2.45, 2.75) is 12.8 Å². The number of aryl methyl sites for hydroxylation is 1. The van der Waals surface area contributed by atoms with Crippen LogP contribution in [-0.4, -0.2) is 26.6 Å². The molecule has 0 aliphatic carbocycles. The van der Waals surface area contributed by atoms with Crippen LogP contribution in [0.3, 0.4) is 0 Å². The molecule has 156 valence electrons. The van der Waals surface area contributed by atoms with Gasteiger partial charge in [0.1, 0.15) is 15.8 Å². The van der Waals surface area contributed by atoms with Crippen LogP contribution in [-0.2, 0) is 11.2 Å². The Balaban J connectivity index is 1.41. The zero-order valence-electron chi connectivity index (χ0n) is 16.4. The van der Waals surface area contributed by atoms with E-state index in [0.29, 0.717) is 27.3 Å². The summed E-state index contributed by atoms with van der Waals surface area (Å²) in [5.74, 6) is 0.981. The molecule has 0 radical (unpaired) electrons. The van der Waals surface area contributed by atoms with Crippen molar-refractivity contribution in [1.82, 2.24) is 4.90 Å². The highest BCUT2D eigenvalue weighted by Gasteiger charge is 2.31. The Morgan fingerprint density at radius 1 is 1.06 bits per heavy atom. The van der Waals surface area contributed by atoms with Crippen LogP contribution in [0.25, 0.3) is 17.4 Å². The zero-order chi connectivity index (χ0) is 21.8. The van der Waals surface area contributed by atoms with Gasteiger partial charge in [0.25, 0.3) is 11.6 Å². The molecule has 1 aliphatic rings. The second kappa shape index (κ2) is 9.28. The van der Waals surface area contributed by atoms with Crippen molar-refractivity contribution in [3.63, 3.8) is 0 Å². The van der Waals surface area contributed by atoms with E-state index in [1.165, 1.54) is 29.5 Å². The normalized spacial score (nSPS) is 15.1. The summed E-state index contributed by atoms with van der Waals surface area (Å²) in [6.45, 7) is 0.573. The summed E-state index contributed by atoms with van der Waals surface area (Å²) >= 11 is 6.66. The summed E-state index contributed by atoms with van der Waals surface area (Å²) in [4.78, 5) is 25.3. The Morgan fingerprint density at radius 3 is 2.52 bits per heavy atom. The number of nitro benzene ring substituents is 1. The molecule has 0 saturated carbocycles. The third-order valence-electron chi connectivity index (χ3n) is 4.83. The molecule has 0 unspecified atom stereocenters. The van der Waals surface area contributed by atoms with Crippen molar-refractivity contribution in [1.29, 1.82) is 0 Å². The van der Waals surface area contributed by atoms with Gasteiger partial charge in [-0.2, -0.15) is 0 Å². The van der Waals surface area contributed by atoms with E-state index in [4.69, 9.17) is 16.6 Å². The standard InChI is InChI=1S/C23H18N2O4S2/c26-22-21(31-23(30)24(22)14-4-7-16-5-2-1-3-6-16)15-19-12-13-20(29-19)17-8-10-18(11-9-17)25(27)28/h1-3,5-6,8-13,15H,4,7,14H2/b21-15-. The van der Waals surface area contributed by atoms with Gasteiger partial charge < -0.3 is 4.42 Å². The lowest BCUT2D eigenvalue weighted by Crippen LogP contribution is -2.29. The smallest absolute Gasteiger partial charge is 0.269 e. The maximum atomic E-state index is 12.8. The molecule has 8 heteroatoms. The summed E-state index contributed by atoms with van der Waals surface area (Å²) in [5, 5.41) is 10.8. The zero-order valence-corrected chi connectivity index (χ0v) is 18.0. The molecule has 6 nitrogen and oxygen atoms in total. The van der Waals surface area contributed by atoms with E-state index in [1.54, 1.807) is 35.2 Å². The highest BCUT2D eigenvalue weighted by Crippen LogP contribution is 2.34. The van der Waals surface area contributed by atoms with E-state index in [2.05, 4.69) is 12.1 Å². The number of non-ortho nitro benzene ring substituents is 1. The van der Waals surface area contributed by atoms with Crippen LogP contribution in [0.4, 0.5) is 5.69 Å². The molecule has 3 aromatic rings. The van der Waals surface area contributed by atoms with Crippen LogP contribution < -0.4 is 0 Å². The summed E-state index contributed by atoms with van der Waals surface area (Å²) < 4.78 is 6.36. The number of hydrogen-bond acceptors (Lipinski definition) is 6. The number of carbonyl (C=O) groups is 1. The predicted octanol–water partition coefficient (Wildman–Crippen LogP) is 5.69. The Bertz CT molecular complexity index is 1150. The fraction of sp³-hybridized carbons (Fsp3) is 0.130. The lowest BCUT2D eigenvalue weighted by Gasteiger charge is -2.14. The maximum absolute atomic E-state index is 12.8. The van der Waals surface area contributed by atoms with Crippen LogP contribution in [0.1, 0.15) is 17.7 Å². The third-order valence-corrected chi connectivity index (χ3v) is 6.20. The van der Waals surface area contributed by atoms with E-state index in [9.17, 15) is 14.9 Å². The van der Waals surface area contributed by atoms with Crippen molar-refractivity contribution < 1.29 is 14.1 Å². The fourth-order valence-corrected chi connectivity index (χ4v) is 4.53. The van der Waals surface area contributed by atoms with Gasteiger partial charge >= 0.3 is 0 Å². The van der Waals surface area contributed by atoms with E-state index < -0.39 is 4.92 Å². The molecule has 1 aliphatic heterocycles. The fourth-order valence-electron chi connectivity index (χ4n) is 3.24. The van der Waals surface area contributed by atoms with Crippen molar-refractivity contribution in [2.75, 3.05) is 6.54 Å². The van der Waals surface area contributed by atoms with Gasteiger partial charge in [-0.1, -0.05) is 54.3 Å². The molecule has 0 spiro atoms. The van der Waals surface area contributed by atoms with Crippen molar-refractivity contribution >= 4 is 46.0 Å². The van der Waals surface area contributed by atoms with Crippen LogP contribution in [0.2, 0.25) is 0 Å². The second-order valence-electron chi connectivity index (χ2n) is 6.93. The van der Waals surface area contributed by atoms with Crippen molar-refractivity contribution in [3.8, 4) is 11.3 Å². The number of rotatable bonds is 7. The van der Waals surface area contributed by atoms with Gasteiger partial charge in [0.15, 0.2) is 0 Å². The number of nitro groups is 1. The molecule has 31 heavy (non-hydrogen) atoms. The molecule has 1 amide bonds. The highest BCUT2D eigenvalue weighted by atomic mass is 32.2. The van der Waals surface area contributed by atoms with E-state index in [1.807, 2.05) is 18.2 Å². The van der Waals surface area contributed by atoms with E-state index in [-0.39, 0.29) is 11.6 Å². The van der Waals surface area contributed by atoms with Crippen LogP contribution in [0, 0.1) is 10.1 Å². The maximum Gasteiger partial charge on any atom is 0.269 e. The molecule has 0 atom stereocenters. The van der Waals surface area contributed by atoms with Gasteiger partial charge in [0.05, 0.1) is 9.83 Å². The molecule has 1 aromatic heterocycles. The minimum Gasteiger partial charge on any atom is -0.457 e. The summed E-state index contributed by atoms with van der Waals surface area (Å²) in [6, 6.07) is 19.8. The number of furan rings is 1. The third kappa shape index (κ3) is 4.92. The lowest BCUT2D eigenvalue weighted by atomic mass is 10.1.